The van der Waals surface area contributed by atoms with Crippen LogP contribution in [0.5, 0.6) is 0 Å². The van der Waals surface area contributed by atoms with Gasteiger partial charge in [-0.05, 0) is 30.4 Å². The first-order valence-electron chi connectivity index (χ1n) is 5.90. The van der Waals surface area contributed by atoms with Gasteiger partial charge in [0.05, 0.1) is 0 Å². The summed E-state index contributed by atoms with van der Waals surface area (Å²) in [6.07, 6.45) is 8.96. The lowest BCUT2D eigenvalue weighted by atomic mass is 9.85. The average Bonchev–Trinajstić information content (AvgIpc) is 2.30. The third kappa shape index (κ3) is 2.49. The van der Waals surface area contributed by atoms with Gasteiger partial charge in [-0.3, -0.25) is 0 Å². The van der Waals surface area contributed by atoms with Gasteiger partial charge in [0.2, 0.25) is 0 Å². The van der Waals surface area contributed by atoms with Crippen LogP contribution < -0.4 is 4.90 Å². The predicted molar refractivity (Wildman–Crippen MR) is 64.4 cm³/mol. The van der Waals surface area contributed by atoms with Crippen LogP contribution in [0.15, 0.2) is 18.3 Å². The minimum absolute atomic E-state index is 0.766. The second-order valence-electron chi connectivity index (χ2n) is 4.68. The molecule has 0 bridgehead atoms. The molecule has 0 amide bonds. The highest BCUT2D eigenvalue weighted by molar-refractivity contribution is 5.37. The van der Waals surface area contributed by atoms with Gasteiger partial charge in [-0.2, -0.15) is 0 Å². The molecular formula is C13H20N2. The summed E-state index contributed by atoms with van der Waals surface area (Å²) in [5.74, 6) is 1.82. The SMILES string of the molecule is CN(C)c1ccc(C2CCCCC2)cn1. The predicted octanol–water partition coefficient (Wildman–Crippen LogP) is 3.20. The molecule has 0 unspecified atom stereocenters. The minimum Gasteiger partial charge on any atom is -0.363 e. The van der Waals surface area contributed by atoms with Crippen molar-refractivity contribution in [3.05, 3.63) is 23.9 Å². The number of hydrogen-bond donors (Lipinski definition) is 0. The van der Waals surface area contributed by atoms with Gasteiger partial charge in [0.1, 0.15) is 5.82 Å². The summed E-state index contributed by atoms with van der Waals surface area (Å²) in [6, 6.07) is 4.38. The normalized spacial score (nSPS) is 17.7. The maximum absolute atomic E-state index is 4.48. The van der Waals surface area contributed by atoms with Crippen molar-refractivity contribution in [3.63, 3.8) is 0 Å². The molecule has 82 valence electrons. The Bertz CT molecular complexity index is 297. The summed E-state index contributed by atoms with van der Waals surface area (Å²) < 4.78 is 0. The van der Waals surface area contributed by atoms with Crippen LogP contribution in [0.4, 0.5) is 5.82 Å². The minimum atomic E-state index is 0.766. The Kier molecular flexibility index (Phi) is 3.24. The summed E-state index contributed by atoms with van der Waals surface area (Å²) in [7, 11) is 4.06. The van der Waals surface area contributed by atoms with Crippen molar-refractivity contribution in [2.45, 2.75) is 38.0 Å². The van der Waals surface area contributed by atoms with Crippen molar-refractivity contribution < 1.29 is 0 Å². The Labute approximate surface area is 92.3 Å². The average molecular weight is 204 g/mol. The zero-order chi connectivity index (χ0) is 10.7. The zero-order valence-electron chi connectivity index (χ0n) is 9.74. The molecule has 1 saturated carbocycles. The number of pyridine rings is 1. The van der Waals surface area contributed by atoms with E-state index in [9.17, 15) is 0 Å². The van der Waals surface area contributed by atoms with Crippen molar-refractivity contribution in [2.24, 2.45) is 0 Å². The van der Waals surface area contributed by atoms with Crippen LogP contribution in [0.2, 0.25) is 0 Å². The fraction of sp³-hybridized carbons (Fsp3) is 0.615. The van der Waals surface area contributed by atoms with E-state index < -0.39 is 0 Å². The van der Waals surface area contributed by atoms with Crippen molar-refractivity contribution in [2.75, 3.05) is 19.0 Å². The quantitative estimate of drug-likeness (QED) is 0.735. The van der Waals surface area contributed by atoms with E-state index in [0.717, 1.165) is 11.7 Å². The lowest BCUT2D eigenvalue weighted by Crippen LogP contribution is -2.11. The lowest BCUT2D eigenvalue weighted by Gasteiger charge is -2.22. The van der Waals surface area contributed by atoms with Crippen LogP contribution in [0.3, 0.4) is 0 Å². The molecule has 1 aliphatic carbocycles. The van der Waals surface area contributed by atoms with E-state index in [1.165, 1.54) is 37.7 Å². The summed E-state index contributed by atoms with van der Waals surface area (Å²) in [5.41, 5.74) is 1.43. The van der Waals surface area contributed by atoms with Crippen LogP contribution in [-0.2, 0) is 0 Å². The zero-order valence-corrected chi connectivity index (χ0v) is 9.74. The number of nitrogens with zero attached hydrogens (tertiary/aromatic N) is 2. The fourth-order valence-corrected chi connectivity index (χ4v) is 2.34. The third-order valence-electron chi connectivity index (χ3n) is 3.31. The molecule has 2 rings (SSSR count). The van der Waals surface area contributed by atoms with E-state index in [2.05, 4.69) is 23.3 Å². The first-order valence-corrected chi connectivity index (χ1v) is 5.90. The molecule has 1 aromatic heterocycles. The fourth-order valence-electron chi connectivity index (χ4n) is 2.34. The van der Waals surface area contributed by atoms with Gasteiger partial charge in [-0.1, -0.05) is 25.3 Å². The Morgan fingerprint density at radius 1 is 1.13 bits per heavy atom. The smallest absolute Gasteiger partial charge is 0.127 e. The van der Waals surface area contributed by atoms with Crippen molar-refractivity contribution in [1.82, 2.24) is 4.98 Å². The van der Waals surface area contributed by atoms with Crippen molar-refractivity contribution in [3.8, 4) is 0 Å². The molecule has 1 aromatic rings. The first kappa shape index (κ1) is 10.5. The molecule has 15 heavy (non-hydrogen) atoms. The van der Waals surface area contributed by atoms with Crippen LogP contribution in [-0.4, -0.2) is 19.1 Å². The molecule has 0 N–H and O–H groups in total. The van der Waals surface area contributed by atoms with E-state index in [4.69, 9.17) is 0 Å². The summed E-state index contributed by atoms with van der Waals surface area (Å²) in [5, 5.41) is 0. The van der Waals surface area contributed by atoms with Gasteiger partial charge in [0.25, 0.3) is 0 Å². The van der Waals surface area contributed by atoms with Gasteiger partial charge in [-0.15, -0.1) is 0 Å². The first-order chi connectivity index (χ1) is 7.27. The second-order valence-corrected chi connectivity index (χ2v) is 4.68. The van der Waals surface area contributed by atoms with Gasteiger partial charge < -0.3 is 4.90 Å². The molecule has 1 fully saturated rings. The Balaban J connectivity index is 2.08. The van der Waals surface area contributed by atoms with Gasteiger partial charge in [0, 0.05) is 20.3 Å². The Hall–Kier alpha value is -1.05. The molecule has 1 heterocycles. The second kappa shape index (κ2) is 4.65. The lowest BCUT2D eigenvalue weighted by molar-refractivity contribution is 0.443. The number of anilines is 1. The molecule has 1 aliphatic rings. The summed E-state index contributed by atoms with van der Waals surface area (Å²) in [4.78, 5) is 6.53. The molecule has 0 saturated heterocycles. The van der Waals surface area contributed by atoms with Gasteiger partial charge in [-0.25, -0.2) is 4.98 Å². The van der Waals surface area contributed by atoms with Crippen molar-refractivity contribution >= 4 is 5.82 Å². The van der Waals surface area contributed by atoms with E-state index in [-0.39, 0.29) is 0 Å². The number of hydrogen-bond acceptors (Lipinski definition) is 2. The molecule has 2 nitrogen and oxygen atoms in total. The highest BCUT2D eigenvalue weighted by atomic mass is 15.1. The molecule has 0 aliphatic heterocycles. The number of aromatic nitrogens is 1. The number of rotatable bonds is 2. The van der Waals surface area contributed by atoms with Crippen LogP contribution in [0.1, 0.15) is 43.6 Å². The maximum Gasteiger partial charge on any atom is 0.127 e. The molecule has 0 radical (unpaired) electrons. The van der Waals surface area contributed by atoms with Gasteiger partial charge in [0.15, 0.2) is 0 Å². The topological polar surface area (TPSA) is 16.1 Å². The highest BCUT2D eigenvalue weighted by Gasteiger charge is 2.15. The van der Waals surface area contributed by atoms with Gasteiger partial charge >= 0.3 is 0 Å². The third-order valence-corrected chi connectivity index (χ3v) is 3.31. The van der Waals surface area contributed by atoms with E-state index >= 15 is 0 Å². The Morgan fingerprint density at radius 3 is 2.40 bits per heavy atom. The maximum atomic E-state index is 4.48. The van der Waals surface area contributed by atoms with E-state index in [0.29, 0.717) is 0 Å². The highest BCUT2D eigenvalue weighted by Crippen LogP contribution is 2.32. The summed E-state index contributed by atoms with van der Waals surface area (Å²) in [6.45, 7) is 0. The van der Waals surface area contributed by atoms with Crippen LogP contribution >= 0.6 is 0 Å². The van der Waals surface area contributed by atoms with E-state index in [1.54, 1.807) is 0 Å². The summed E-state index contributed by atoms with van der Waals surface area (Å²) >= 11 is 0. The molecule has 0 aromatic carbocycles. The van der Waals surface area contributed by atoms with E-state index in [1.807, 2.05) is 19.0 Å². The van der Waals surface area contributed by atoms with Crippen LogP contribution in [0, 0.1) is 0 Å². The molecule has 0 atom stereocenters. The largest absolute Gasteiger partial charge is 0.363 e. The van der Waals surface area contributed by atoms with Crippen molar-refractivity contribution in [1.29, 1.82) is 0 Å². The molecule has 0 spiro atoms. The monoisotopic (exact) mass is 204 g/mol. The van der Waals surface area contributed by atoms with Crippen LogP contribution in [0.25, 0.3) is 0 Å². The molecular weight excluding hydrogens is 184 g/mol. The molecule has 2 heteroatoms. The standard InChI is InChI=1S/C13H20N2/c1-15(2)13-9-8-12(10-14-13)11-6-4-3-5-7-11/h8-11H,3-7H2,1-2H3. The Morgan fingerprint density at radius 2 is 1.87 bits per heavy atom.